The van der Waals surface area contributed by atoms with Crippen LogP contribution in [0.5, 0.6) is 0 Å². The molecule has 1 aliphatic rings. The molecule has 5 nitrogen and oxygen atoms in total. The standard InChI is InChI=1S/C12H18N2O3/c1-12(2,3)17-11(15)14-7-6-9(13-14)10-5-4-8-16-10/h6-7,10H,4-5,8H2,1-3H3. The molecule has 0 aromatic carbocycles. The van der Waals surface area contributed by atoms with Crippen LogP contribution in [0.2, 0.25) is 0 Å². The van der Waals surface area contributed by atoms with Crippen molar-refractivity contribution >= 4 is 6.09 Å². The molecule has 2 rings (SSSR count). The first kappa shape index (κ1) is 12.1. The Hall–Kier alpha value is -1.36. The average Bonchev–Trinajstić information content (AvgIpc) is 2.86. The first-order valence-corrected chi connectivity index (χ1v) is 5.86. The quantitative estimate of drug-likeness (QED) is 0.754. The van der Waals surface area contributed by atoms with E-state index in [4.69, 9.17) is 9.47 Å². The zero-order valence-electron chi connectivity index (χ0n) is 10.5. The van der Waals surface area contributed by atoms with Crippen molar-refractivity contribution in [1.29, 1.82) is 0 Å². The zero-order valence-corrected chi connectivity index (χ0v) is 10.5. The molecule has 1 unspecified atom stereocenters. The zero-order chi connectivity index (χ0) is 12.5. The summed E-state index contributed by atoms with van der Waals surface area (Å²) < 4.78 is 11.9. The summed E-state index contributed by atoms with van der Waals surface area (Å²) in [7, 11) is 0. The number of nitrogens with zero attached hydrogens (tertiary/aromatic N) is 2. The lowest BCUT2D eigenvalue weighted by Crippen LogP contribution is -2.27. The van der Waals surface area contributed by atoms with Crippen LogP contribution < -0.4 is 0 Å². The van der Waals surface area contributed by atoms with Crippen LogP contribution in [0, 0.1) is 0 Å². The van der Waals surface area contributed by atoms with E-state index in [9.17, 15) is 4.79 Å². The van der Waals surface area contributed by atoms with Crippen LogP contribution >= 0.6 is 0 Å². The van der Waals surface area contributed by atoms with Gasteiger partial charge in [-0.25, -0.2) is 4.79 Å². The van der Waals surface area contributed by atoms with E-state index in [0.717, 1.165) is 25.1 Å². The highest BCUT2D eigenvalue weighted by Gasteiger charge is 2.23. The maximum absolute atomic E-state index is 11.7. The minimum Gasteiger partial charge on any atom is -0.442 e. The van der Waals surface area contributed by atoms with Gasteiger partial charge < -0.3 is 9.47 Å². The highest BCUT2D eigenvalue weighted by Crippen LogP contribution is 2.26. The van der Waals surface area contributed by atoms with Crippen LogP contribution in [-0.4, -0.2) is 28.1 Å². The highest BCUT2D eigenvalue weighted by atomic mass is 16.6. The fourth-order valence-corrected chi connectivity index (χ4v) is 1.73. The van der Waals surface area contributed by atoms with Crippen molar-refractivity contribution in [2.45, 2.75) is 45.3 Å². The molecule has 1 saturated heterocycles. The average molecular weight is 238 g/mol. The minimum absolute atomic E-state index is 0.0266. The number of aromatic nitrogens is 2. The van der Waals surface area contributed by atoms with Gasteiger partial charge in [-0.2, -0.15) is 9.78 Å². The van der Waals surface area contributed by atoms with Crippen molar-refractivity contribution in [2.24, 2.45) is 0 Å². The van der Waals surface area contributed by atoms with E-state index in [1.807, 2.05) is 20.8 Å². The van der Waals surface area contributed by atoms with Crippen LogP contribution in [0.4, 0.5) is 4.79 Å². The summed E-state index contributed by atoms with van der Waals surface area (Å²) in [5, 5.41) is 4.19. The number of ether oxygens (including phenoxy) is 2. The Morgan fingerprint density at radius 3 is 2.94 bits per heavy atom. The van der Waals surface area contributed by atoms with Gasteiger partial charge in [0.1, 0.15) is 11.7 Å². The molecule has 17 heavy (non-hydrogen) atoms. The molecular formula is C12H18N2O3. The normalized spacial score (nSPS) is 20.5. The van der Waals surface area contributed by atoms with Crippen LogP contribution in [0.3, 0.4) is 0 Å². The highest BCUT2D eigenvalue weighted by molar-refractivity contribution is 5.69. The molecule has 94 valence electrons. The van der Waals surface area contributed by atoms with Gasteiger partial charge in [0.25, 0.3) is 0 Å². The summed E-state index contributed by atoms with van der Waals surface area (Å²) >= 11 is 0. The molecule has 5 heteroatoms. The molecule has 0 radical (unpaired) electrons. The molecule has 1 atom stereocenters. The van der Waals surface area contributed by atoms with Crippen LogP contribution in [0.15, 0.2) is 12.3 Å². The lowest BCUT2D eigenvalue weighted by Gasteiger charge is -2.18. The molecule has 0 spiro atoms. The largest absolute Gasteiger partial charge is 0.442 e. The van der Waals surface area contributed by atoms with E-state index in [0.29, 0.717) is 0 Å². The second kappa shape index (κ2) is 4.49. The van der Waals surface area contributed by atoms with Gasteiger partial charge in [0.05, 0.1) is 5.69 Å². The Bertz CT molecular complexity index is 400. The number of hydrogen-bond donors (Lipinski definition) is 0. The third-order valence-electron chi connectivity index (χ3n) is 2.45. The van der Waals surface area contributed by atoms with Crippen molar-refractivity contribution in [3.05, 3.63) is 18.0 Å². The molecule has 0 amide bonds. The van der Waals surface area contributed by atoms with Gasteiger partial charge in [0.15, 0.2) is 0 Å². The maximum Gasteiger partial charge on any atom is 0.435 e. The lowest BCUT2D eigenvalue weighted by molar-refractivity contribution is 0.0509. The summed E-state index contributed by atoms with van der Waals surface area (Å²) in [6.07, 6.45) is 3.20. The van der Waals surface area contributed by atoms with Crippen LogP contribution in [0.1, 0.15) is 45.4 Å². The fourth-order valence-electron chi connectivity index (χ4n) is 1.73. The van der Waals surface area contributed by atoms with Gasteiger partial charge in [-0.15, -0.1) is 0 Å². The smallest absolute Gasteiger partial charge is 0.435 e. The van der Waals surface area contributed by atoms with Gasteiger partial charge in [-0.05, 0) is 39.7 Å². The summed E-state index contributed by atoms with van der Waals surface area (Å²) in [6, 6.07) is 1.81. The predicted octanol–water partition coefficient (Wildman–Crippen LogP) is 2.52. The van der Waals surface area contributed by atoms with Gasteiger partial charge in [0, 0.05) is 12.8 Å². The lowest BCUT2D eigenvalue weighted by atomic mass is 10.2. The summed E-state index contributed by atoms with van der Waals surface area (Å²) in [4.78, 5) is 11.7. The van der Waals surface area contributed by atoms with Crippen LogP contribution in [0.25, 0.3) is 0 Å². The molecule has 0 bridgehead atoms. The van der Waals surface area contributed by atoms with E-state index < -0.39 is 11.7 Å². The van der Waals surface area contributed by atoms with E-state index >= 15 is 0 Å². The van der Waals surface area contributed by atoms with Gasteiger partial charge >= 0.3 is 6.09 Å². The number of rotatable bonds is 1. The molecule has 1 fully saturated rings. The van der Waals surface area contributed by atoms with Crippen molar-refractivity contribution < 1.29 is 14.3 Å². The Morgan fingerprint density at radius 1 is 1.59 bits per heavy atom. The van der Waals surface area contributed by atoms with Crippen molar-refractivity contribution in [2.75, 3.05) is 6.61 Å². The third-order valence-corrected chi connectivity index (χ3v) is 2.45. The second-order valence-electron chi connectivity index (χ2n) is 5.17. The van der Waals surface area contributed by atoms with Crippen molar-refractivity contribution in [3.8, 4) is 0 Å². The van der Waals surface area contributed by atoms with Crippen molar-refractivity contribution in [1.82, 2.24) is 9.78 Å². The van der Waals surface area contributed by atoms with Gasteiger partial charge in [-0.1, -0.05) is 0 Å². The first-order valence-electron chi connectivity index (χ1n) is 5.86. The molecule has 0 N–H and O–H groups in total. The molecule has 0 saturated carbocycles. The molecule has 1 aromatic heterocycles. The summed E-state index contributed by atoms with van der Waals surface area (Å²) in [5.74, 6) is 0. The van der Waals surface area contributed by atoms with Gasteiger partial charge in [-0.3, -0.25) is 0 Å². The third kappa shape index (κ3) is 3.06. The minimum atomic E-state index is -0.507. The summed E-state index contributed by atoms with van der Waals surface area (Å²) in [6.45, 7) is 6.25. The molecule has 1 aromatic rings. The molecule has 1 aliphatic heterocycles. The number of carbonyl (C=O) groups excluding carboxylic acids is 1. The molecule has 0 aliphatic carbocycles. The predicted molar refractivity (Wildman–Crippen MR) is 61.8 cm³/mol. The fraction of sp³-hybridized carbons (Fsp3) is 0.667. The Kier molecular flexibility index (Phi) is 3.19. The Balaban J connectivity index is 2.04. The topological polar surface area (TPSA) is 53.4 Å². The van der Waals surface area contributed by atoms with Crippen molar-refractivity contribution in [3.63, 3.8) is 0 Å². The Morgan fingerprint density at radius 2 is 2.35 bits per heavy atom. The van der Waals surface area contributed by atoms with E-state index in [1.54, 1.807) is 12.3 Å². The second-order valence-corrected chi connectivity index (χ2v) is 5.17. The molecular weight excluding hydrogens is 220 g/mol. The van der Waals surface area contributed by atoms with E-state index in [-0.39, 0.29) is 6.10 Å². The van der Waals surface area contributed by atoms with Crippen LogP contribution in [-0.2, 0) is 9.47 Å². The van der Waals surface area contributed by atoms with E-state index in [2.05, 4.69) is 5.10 Å². The SMILES string of the molecule is CC(C)(C)OC(=O)n1ccc(C2CCCO2)n1. The number of carbonyl (C=O) groups is 1. The first-order chi connectivity index (χ1) is 7.96. The molecule has 2 heterocycles. The number of hydrogen-bond acceptors (Lipinski definition) is 4. The summed E-state index contributed by atoms with van der Waals surface area (Å²) in [5.41, 5.74) is 0.293. The van der Waals surface area contributed by atoms with E-state index in [1.165, 1.54) is 4.68 Å². The maximum atomic E-state index is 11.7. The van der Waals surface area contributed by atoms with Gasteiger partial charge in [0.2, 0.25) is 0 Å². The Labute approximate surface area is 101 Å². The monoisotopic (exact) mass is 238 g/mol.